The molecule has 2 atom stereocenters. The number of benzene rings is 1. The summed E-state index contributed by atoms with van der Waals surface area (Å²) >= 11 is 0. The van der Waals surface area contributed by atoms with Gasteiger partial charge in [-0.05, 0) is 12.5 Å². The Balaban J connectivity index is 3.52. The van der Waals surface area contributed by atoms with Crippen molar-refractivity contribution in [2.75, 3.05) is 14.2 Å². The molecule has 0 aliphatic carbocycles. The Hall–Kier alpha value is -2.25. The topological polar surface area (TPSA) is 110 Å². The van der Waals surface area contributed by atoms with E-state index in [1.54, 1.807) is 25.1 Å². The highest BCUT2D eigenvalue weighted by Gasteiger charge is 2.57. The van der Waals surface area contributed by atoms with E-state index in [0.29, 0.717) is 5.56 Å². The molecular formula is C14H16O7. The molecule has 0 spiro atoms. The summed E-state index contributed by atoms with van der Waals surface area (Å²) in [4.78, 5) is 35.5. The van der Waals surface area contributed by atoms with Crippen molar-refractivity contribution in [1.29, 1.82) is 0 Å². The van der Waals surface area contributed by atoms with E-state index in [1.165, 1.54) is 6.07 Å². The summed E-state index contributed by atoms with van der Waals surface area (Å²) in [6, 6.07) is 6.23. The number of ketones is 1. The number of aliphatic carboxylic acids is 2. The summed E-state index contributed by atoms with van der Waals surface area (Å²) in [6.45, 7) is 1.61. The molecule has 0 heterocycles. The molecule has 1 aromatic rings. The first-order valence-electron chi connectivity index (χ1n) is 5.97. The Morgan fingerprint density at radius 2 is 1.71 bits per heavy atom. The van der Waals surface area contributed by atoms with Crippen molar-refractivity contribution in [1.82, 2.24) is 0 Å². The number of carboxylic acids is 2. The molecular weight excluding hydrogens is 280 g/mol. The largest absolute Gasteiger partial charge is 0.479 e. The molecule has 7 heteroatoms. The van der Waals surface area contributed by atoms with Crippen LogP contribution in [0.5, 0.6) is 0 Å². The second-order valence-corrected chi connectivity index (χ2v) is 4.34. The normalized spacial score (nSPS) is 15.0. The Morgan fingerprint density at radius 1 is 1.14 bits per heavy atom. The van der Waals surface area contributed by atoms with E-state index in [0.717, 1.165) is 14.2 Å². The van der Waals surface area contributed by atoms with E-state index in [9.17, 15) is 19.5 Å². The minimum absolute atomic E-state index is 0.0602. The van der Waals surface area contributed by atoms with Gasteiger partial charge in [0.25, 0.3) is 5.60 Å². The van der Waals surface area contributed by atoms with Crippen LogP contribution in [0.15, 0.2) is 24.3 Å². The van der Waals surface area contributed by atoms with Gasteiger partial charge in [0.15, 0.2) is 0 Å². The average Bonchev–Trinajstić information content (AvgIpc) is 2.43. The van der Waals surface area contributed by atoms with Gasteiger partial charge < -0.3 is 19.7 Å². The first-order chi connectivity index (χ1) is 9.82. The summed E-state index contributed by atoms with van der Waals surface area (Å²) < 4.78 is 9.52. The fourth-order valence-corrected chi connectivity index (χ4v) is 2.08. The van der Waals surface area contributed by atoms with Crippen molar-refractivity contribution in [3.05, 3.63) is 35.4 Å². The lowest BCUT2D eigenvalue weighted by molar-refractivity contribution is -0.182. The fourth-order valence-electron chi connectivity index (χ4n) is 2.08. The Bertz CT molecular complexity index is 566. The zero-order valence-electron chi connectivity index (χ0n) is 11.8. The monoisotopic (exact) mass is 296 g/mol. The number of hydrogen-bond acceptors (Lipinski definition) is 5. The SMILES string of the molecule is COC(C(=O)O)C(OC)(C(=O)O)C(=O)c1ccccc1C. The van der Waals surface area contributed by atoms with Crippen LogP contribution in [0.3, 0.4) is 0 Å². The van der Waals surface area contributed by atoms with Crippen LogP contribution in [0, 0.1) is 6.92 Å². The van der Waals surface area contributed by atoms with Gasteiger partial charge in [-0.3, -0.25) is 4.79 Å². The first kappa shape index (κ1) is 16.8. The van der Waals surface area contributed by atoms with Crippen molar-refractivity contribution in [3.63, 3.8) is 0 Å². The van der Waals surface area contributed by atoms with E-state index in [2.05, 4.69) is 4.74 Å². The van der Waals surface area contributed by atoms with Crippen LogP contribution in [0.2, 0.25) is 0 Å². The second kappa shape index (κ2) is 6.47. The van der Waals surface area contributed by atoms with Crippen molar-refractivity contribution < 1.29 is 34.1 Å². The highest BCUT2D eigenvalue weighted by atomic mass is 16.6. The molecule has 0 aromatic heterocycles. The third-order valence-electron chi connectivity index (χ3n) is 3.20. The number of rotatable bonds is 7. The quantitative estimate of drug-likeness (QED) is 0.564. The van der Waals surface area contributed by atoms with Gasteiger partial charge in [0.1, 0.15) is 0 Å². The maximum absolute atomic E-state index is 12.6. The predicted octanol–water partition coefficient (Wildman–Crippen LogP) is 0.747. The Morgan fingerprint density at radius 3 is 2.10 bits per heavy atom. The lowest BCUT2D eigenvalue weighted by atomic mass is 9.85. The van der Waals surface area contributed by atoms with Crippen LogP contribution in [-0.2, 0) is 19.1 Å². The standard InChI is InChI=1S/C14H16O7/c1-8-6-4-5-7-9(8)10(15)14(21-3,13(18)19)11(20-2)12(16)17/h4-7,11H,1-3H3,(H,16,17)(H,18,19). The van der Waals surface area contributed by atoms with Gasteiger partial charge in [-0.1, -0.05) is 24.3 Å². The zero-order chi connectivity index (χ0) is 16.2. The fraction of sp³-hybridized carbons (Fsp3) is 0.357. The molecule has 0 radical (unpaired) electrons. The maximum atomic E-state index is 12.6. The van der Waals surface area contributed by atoms with Crippen molar-refractivity contribution in [2.45, 2.75) is 18.6 Å². The highest BCUT2D eigenvalue weighted by molar-refractivity contribution is 6.18. The Labute approximate surface area is 121 Å². The molecule has 0 saturated carbocycles. The molecule has 0 fully saturated rings. The van der Waals surface area contributed by atoms with Crippen LogP contribution in [0.4, 0.5) is 0 Å². The number of methoxy groups -OCH3 is 2. The van der Waals surface area contributed by atoms with Gasteiger partial charge in [-0.2, -0.15) is 0 Å². The smallest absolute Gasteiger partial charge is 0.347 e. The molecule has 2 N–H and O–H groups in total. The Kier molecular flexibility index (Phi) is 5.17. The van der Waals surface area contributed by atoms with E-state index in [4.69, 9.17) is 9.84 Å². The van der Waals surface area contributed by atoms with Gasteiger partial charge in [-0.25, -0.2) is 9.59 Å². The molecule has 0 amide bonds. The molecule has 1 rings (SSSR count). The third-order valence-corrected chi connectivity index (χ3v) is 3.20. The number of hydrogen-bond donors (Lipinski definition) is 2. The predicted molar refractivity (Wildman–Crippen MR) is 71.3 cm³/mol. The summed E-state index contributed by atoms with van der Waals surface area (Å²) in [6.07, 6.45) is -1.98. The number of aryl methyl sites for hydroxylation is 1. The summed E-state index contributed by atoms with van der Waals surface area (Å²) in [5.41, 5.74) is -2.09. The van der Waals surface area contributed by atoms with Crippen LogP contribution < -0.4 is 0 Å². The lowest BCUT2D eigenvalue weighted by Crippen LogP contribution is -2.61. The van der Waals surface area contributed by atoms with Gasteiger partial charge in [0.05, 0.1) is 0 Å². The summed E-state index contributed by atoms with van der Waals surface area (Å²) in [5, 5.41) is 18.5. The average molecular weight is 296 g/mol. The molecule has 0 aliphatic heterocycles. The van der Waals surface area contributed by atoms with Crippen LogP contribution >= 0.6 is 0 Å². The van der Waals surface area contributed by atoms with Gasteiger partial charge in [-0.15, -0.1) is 0 Å². The molecule has 21 heavy (non-hydrogen) atoms. The van der Waals surface area contributed by atoms with Gasteiger partial charge in [0.2, 0.25) is 11.9 Å². The van der Waals surface area contributed by atoms with Crippen LogP contribution in [0.25, 0.3) is 0 Å². The number of carboxylic acid groups (broad SMARTS) is 2. The van der Waals surface area contributed by atoms with Crippen molar-refractivity contribution >= 4 is 17.7 Å². The van der Waals surface area contributed by atoms with E-state index in [-0.39, 0.29) is 5.56 Å². The number of Topliss-reactive ketones (excluding diaryl/α,β-unsaturated/α-hetero) is 1. The molecule has 7 nitrogen and oxygen atoms in total. The van der Waals surface area contributed by atoms with Crippen molar-refractivity contribution in [2.24, 2.45) is 0 Å². The third kappa shape index (κ3) is 2.79. The first-order valence-corrected chi connectivity index (χ1v) is 5.97. The maximum Gasteiger partial charge on any atom is 0.347 e. The summed E-state index contributed by atoms with van der Waals surface area (Å²) in [5.74, 6) is -4.32. The van der Waals surface area contributed by atoms with Crippen molar-refractivity contribution in [3.8, 4) is 0 Å². The minimum Gasteiger partial charge on any atom is -0.479 e. The molecule has 1 aromatic carbocycles. The molecule has 0 bridgehead atoms. The molecule has 0 aliphatic rings. The number of carbonyl (C=O) groups excluding carboxylic acids is 1. The van der Waals surface area contributed by atoms with Crippen LogP contribution in [0.1, 0.15) is 15.9 Å². The number of ether oxygens (including phenoxy) is 2. The minimum atomic E-state index is -2.66. The van der Waals surface area contributed by atoms with E-state index >= 15 is 0 Å². The van der Waals surface area contributed by atoms with E-state index < -0.39 is 29.4 Å². The molecule has 114 valence electrons. The van der Waals surface area contributed by atoms with E-state index in [1.807, 2.05) is 0 Å². The zero-order valence-corrected chi connectivity index (χ0v) is 11.8. The second-order valence-electron chi connectivity index (χ2n) is 4.34. The van der Waals surface area contributed by atoms with Crippen LogP contribution in [-0.4, -0.2) is 53.9 Å². The van der Waals surface area contributed by atoms with Gasteiger partial charge in [0, 0.05) is 19.8 Å². The number of carbonyl (C=O) groups is 3. The molecule has 0 saturated heterocycles. The summed E-state index contributed by atoms with van der Waals surface area (Å²) in [7, 11) is 1.96. The highest BCUT2D eigenvalue weighted by Crippen LogP contribution is 2.26. The molecule has 2 unspecified atom stereocenters. The lowest BCUT2D eigenvalue weighted by Gasteiger charge is -2.31. The van der Waals surface area contributed by atoms with Gasteiger partial charge >= 0.3 is 11.9 Å².